The molecule has 0 aliphatic heterocycles. The second kappa shape index (κ2) is 6.22. The Morgan fingerprint density at radius 3 is 2.69 bits per heavy atom. The number of carbonyl (C=O) groups is 1. The maximum absolute atomic E-state index is 11.4. The third-order valence-corrected chi connectivity index (χ3v) is 8.77. The SMILES string of the molecule is C=CC1CCC2C3C(O)C=C4CC(OC(C)=O)CCC4(C)C3CCC12C. The van der Waals surface area contributed by atoms with E-state index < -0.39 is 0 Å². The zero-order valence-electron chi connectivity index (χ0n) is 16.5. The van der Waals surface area contributed by atoms with E-state index in [4.69, 9.17) is 4.74 Å². The first-order chi connectivity index (χ1) is 12.3. The summed E-state index contributed by atoms with van der Waals surface area (Å²) in [6, 6.07) is 0. The zero-order chi connectivity index (χ0) is 18.7. The second-order valence-electron chi connectivity index (χ2n) is 9.83. The Morgan fingerprint density at radius 1 is 1.23 bits per heavy atom. The summed E-state index contributed by atoms with van der Waals surface area (Å²) in [5.74, 6) is 1.93. The molecule has 8 unspecified atom stereocenters. The van der Waals surface area contributed by atoms with Crippen LogP contribution in [-0.4, -0.2) is 23.3 Å². The molecule has 0 spiro atoms. The highest BCUT2D eigenvalue weighted by atomic mass is 16.5. The number of ether oxygens (including phenoxy) is 1. The van der Waals surface area contributed by atoms with Crippen molar-refractivity contribution in [1.29, 1.82) is 0 Å². The quantitative estimate of drug-likeness (QED) is 0.577. The van der Waals surface area contributed by atoms with E-state index in [-0.39, 0.29) is 23.6 Å². The monoisotopic (exact) mass is 358 g/mol. The lowest BCUT2D eigenvalue weighted by atomic mass is 9.47. The van der Waals surface area contributed by atoms with Gasteiger partial charge in [0.15, 0.2) is 0 Å². The van der Waals surface area contributed by atoms with E-state index in [2.05, 4.69) is 32.6 Å². The molecule has 0 aromatic heterocycles. The number of fused-ring (bicyclic) bond motifs is 5. The number of esters is 1. The van der Waals surface area contributed by atoms with E-state index >= 15 is 0 Å². The Kier molecular flexibility index (Phi) is 4.38. The Hall–Kier alpha value is -1.09. The van der Waals surface area contributed by atoms with Gasteiger partial charge < -0.3 is 9.84 Å². The topological polar surface area (TPSA) is 46.5 Å². The highest BCUT2D eigenvalue weighted by Gasteiger charge is 2.60. The van der Waals surface area contributed by atoms with E-state index in [0.717, 1.165) is 19.3 Å². The van der Waals surface area contributed by atoms with Gasteiger partial charge in [0.25, 0.3) is 0 Å². The van der Waals surface area contributed by atoms with Crippen molar-refractivity contribution in [3.05, 3.63) is 24.3 Å². The van der Waals surface area contributed by atoms with Gasteiger partial charge in [-0.1, -0.05) is 31.6 Å². The van der Waals surface area contributed by atoms with Crippen LogP contribution in [0.5, 0.6) is 0 Å². The molecule has 4 aliphatic carbocycles. The van der Waals surface area contributed by atoms with Crippen molar-refractivity contribution in [3.63, 3.8) is 0 Å². The Bertz CT molecular complexity index is 637. The summed E-state index contributed by atoms with van der Waals surface area (Å²) in [5.41, 5.74) is 1.81. The van der Waals surface area contributed by atoms with Crippen molar-refractivity contribution in [3.8, 4) is 0 Å². The highest BCUT2D eigenvalue weighted by Crippen LogP contribution is 2.66. The zero-order valence-corrected chi connectivity index (χ0v) is 16.5. The lowest BCUT2D eigenvalue weighted by Crippen LogP contribution is -2.54. The minimum atomic E-state index is -0.354. The van der Waals surface area contributed by atoms with E-state index in [1.165, 1.54) is 38.2 Å². The van der Waals surface area contributed by atoms with E-state index in [1.807, 2.05) is 0 Å². The molecule has 26 heavy (non-hydrogen) atoms. The molecule has 0 radical (unpaired) electrons. The van der Waals surface area contributed by atoms with E-state index in [9.17, 15) is 9.90 Å². The molecule has 0 amide bonds. The van der Waals surface area contributed by atoms with Gasteiger partial charge in [0.2, 0.25) is 0 Å². The van der Waals surface area contributed by atoms with Crippen molar-refractivity contribution in [2.24, 2.45) is 34.5 Å². The molecule has 3 heteroatoms. The molecule has 0 saturated heterocycles. The molecule has 1 N–H and O–H groups in total. The predicted octanol–water partition coefficient (Wildman–Crippen LogP) is 4.65. The van der Waals surface area contributed by atoms with Crippen LogP contribution in [0.1, 0.15) is 65.7 Å². The fourth-order valence-electron chi connectivity index (χ4n) is 7.38. The molecule has 3 fully saturated rings. The molecular weight excluding hydrogens is 324 g/mol. The normalized spacial score (nSPS) is 50.1. The third-order valence-electron chi connectivity index (χ3n) is 8.77. The van der Waals surface area contributed by atoms with Crippen molar-refractivity contribution in [1.82, 2.24) is 0 Å². The largest absolute Gasteiger partial charge is 0.462 e. The van der Waals surface area contributed by atoms with Gasteiger partial charge in [0, 0.05) is 13.3 Å². The summed E-state index contributed by atoms with van der Waals surface area (Å²) in [6.07, 6.45) is 11.7. The Morgan fingerprint density at radius 2 is 2.00 bits per heavy atom. The second-order valence-corrected chi connectivity index (χ2v) is 9.83. The lowest BCUT2D eigenvalue weighted by Gasteiger charge is -2.59. The van der Waals surface area contributed by atoms with Crippen LogP contribution in [0.4, 0.5) is 0 Å². The molecule has 0 bridgehead atoms. The molecule has 0 aromatic carbocycles. The van der Waals surface area contributed by atoms with Crippen molar-refractivity contribution >= 4 is 5.97 Å². The standard InChI is InChI=1S/C23H34O3/c1-5-15-6-7-18-21-19(9-11-22(15,18)3)23(4)10-8-17(26-14(2)24)12-16(23)13-20(21)25/h5,13,15,17-21,25H,1,6-12H2,2-4H3. The first kappa shape index (κ1) is 18.3. The van der Waals surface area contributed by atoms with Crippen LogP contribution in [0, 0.1) is 34.5 Å². The highest BCUT2D eigenvalue weighted by molar-refractivity contribution is 5.66. The number of carbonyl (C=O) groups excluding carboxylic acids is 1. The van der Waals surface area contributed by atoms with Crippen LogP contribution in [0.3, 0.4) is 0 Å². The number of rotatable bonds is 2. The Balaban J connectivity index is 1.64. The first-order valence-electron chi connectivity index (χ1n) is 10.5. The van der Waals surface area contributed by atoms with E-state index in [0.29, 0.717) is 29.1 Å². The molecule has 4 aliphatic rings. The van der Waals surface area contributed by atoms with Gasteiger partial charge in [-0.2, -0.15) is 0 Å². The molecule has 8 atom stereocenters. The first-order valence-corrected chi connectivity index (χ1v) is 10.5. The minimum Gasteiger partial charge on any atom is -0.462 e. The van der Waals surface area contributed by atoms with Gasteiger partial charge in [0.05, 0.1) is 6.10 Å². The van der Waals surface area contributed by atoms with Gasteiger partial charge >= 0.3 is 5.97 Å². The van der Waals surface area contributed by atoms with Crippen LogP contribution >= 0.6 is 0 Å². The van der Waals surface area contributed by atoms with Gasteiger partial charge in [0.1, 0.15) is 6.10 Å². The molecule has 3 nitrogen and oxygen atoms in total. The third kappa shape index (κ3) is 2.53. The molecule has 4 rings (SSSR count). The van der Waals surface area contributed by atoms with Crippen molar-refractivity contribution in [2.45, 2.75) is 77.9 Å². The summed E-state index contributed by atoms with van der Waals surface area (Å²) in [4.78, 5) is 11.4. The molecule has 0 aromatic rings. The summed E-state index contributed by atoms with van der Waals surface area (Å²) in [5, 5.41) is 11.1. The molecule has 0 heterocycles. The number of hydrogen-bond acceptors (Lipinski definition) is 3. The average molecular weight is 359 g/mol. The van der Waals surface area contributed by atoms with Gasteiger partial charge in [-0.25, -0.2) is 0 Å². The number of hydrogen-bond donors (Lipinski definition) is 1. The van der Waals surface area contributed by atoms with Gasteiger partial charge in [-0.15, -0.1) is 6.58 Å². The smallest absolute Gasteiger partial charge is 0.302 e. The average Bonchev–Trinajstić information content (AvgIpc) is 2.92. The van der Waals surface area contributed by atoms with Crippen LogP contribution in [0.15, 0.2) is 24.3 Å². The lowest BCUT2D eigenvalue weighted by molar-refractivity contribution is -0.149. The molecule has 3 saturated carbocycles. The van der Waals surface area contributed by atoms with Gasteiger partial charge in [-0.3, -0.25) is 4.79 Å². The van der Waals surface area contributed by atoms with E-state index in [1.54, 1.807) is 0 Å². The van der Waals surface area contributed by atoms with Crippen LogP contribution in [0.25, 0.3) is 0 Å². The van der Waals surface area contributed by atoms with Crippen LogP contribution < -0.4 is 0 Å². The fourth-order valence-corrected chi connectivity index (χ4v) is 7.38. The van der Waals surface area contributed by atoms with Crippen molar-refractivity contribution in [2.75, 3.05) is 0 Å². The predicted molar refractivity (Wildman–Crippen MR) is 102 cm³/mol. The Labute approximate surface area is 157 Å². The fraction of sp³-hybridized carbons (Fsp3) is 0.783. The number of allylic oxidation sites excluding steroid dienone is 1. The summed E-state index contributed by atoms with van der Waals surface area (Å²) in [7, 11) is 0. The van der Waals surface area contributed by atoms with Crippen molar-refractivity contribution < 1.29 is 14.6 Å². The maximum Gasteiger partial charge on any atom is 0.302 e. The number of aliphatic hydroxyl groups is 1. The summed E-state index contributed by atoms with van der Waals surface area (Å²) < 4.78 is 5.50. The summed E-state index contributed by atoms with van der Waals surface area (Å²) in [6.45, 7) is 10.4. The molecule has 144 valence electrons. The van der Waals surface area contributed by atoms with Crippen LogP contribution in [0.2, 0.25) is 0 Å². The summed E-state index contributed by atoms with van der Waals surface area (Å²) >= 11 is 0. The maximum atomic E-state index is 11.4. The molecular formula is C23H34O3. The van der Waals surface area contributed by atoms with Crippen LogP contribution in [-0.2, 0) is 9.53 Å². The minimum absolute atomic E-state index is 0.0129. The number of aliphatic hydroxyl groups excluding tert-OH is 1. The van der Waals surface area contributed by atoms with Gasteiger partial charge in [-0.05, 0) is 73.0 Å².